The summed E-state index contributed by atoms with van der Waals surface area (Å²) in [7, 11) is 1.19. The molecule has 0 radical (unpaired) electrons. The van der Waals surface area contributed by atoms with Crippen LogP contribution in [0.3, 0.4) is 0 Å². The van der Waals surface area contributed by atoms with Gasteiger partial charge in [0.25, 0.3) is 5.91 Å². The van der Waals surface area contributed by atoms with E-state index in [1.165, 1.54) is 49.7 Å². The van der Waals surface area contributed by atoms with E-state index < -0.39 is 29.6 Å². The van der Waals surface area contributed by atoms with Crippen LogP contribution >= 0.6 is 0 Å². The third-order valence-electron chi connectivity index (χ3n) is 4.17. The maximum Gasteiger partial charge on any atom is 0.328 e. The molecule has 0 aliphatic rings. The predicted octanol–water partition coefficient (Wildman–Crippen LogP) is 2.87. The fourth-order valence-electron chi connectivity index (χ4n) is 2.71. The number of aromatic nitrogens is 2. The summed E-state index contributed by atoms with van der Waals surface area (Å²) in [5.74, 6) is -2.61. The molecule has 144 valence electrons. The summed E-state index contributed by atoms with van der Waals surface area (Å²) in [4.78, 5) is 24.7. The van der Waals surface area contributed by atoms with Gasteiger partial charge in [0.05, 0.1) is 18.4 Å². The molecule has 0 aliphatic carbocycles. The summed E-state index contributed by atoms with van der Waals surface area (Å²) in [5.41, 5.74) is 1.57. The maximum absolute atomic E-state index is 14.2. The van der Waals surface area contributed by atoms with Gasteiger partial charge in [-0.25, -0.2) is 13.6 Å². The van der Waals surface area contributed by atoms with E-state index in [1.807, 2.05) is 0 Å². The van der Waals surface area contributed by atoms with Gasteiger partial charge in [-0.1, -0.05) is 12.1 Å². The molecule has 3 aromatic rings. The molecule has 3 rings (SSSR count). The molecule has 0 saturated carbocycles. The Kier molecular flexibility index (Phi) is 5.78. The first-order chi connectivity index (χ1) is 13.5. The summed E-state index contributed by atoms with van der Waals surface area (Å²) >= 11 is 0. The monoisotopic (exact) mass is 385 g/mol. The Morgan fingerprint density at radius 1 is 1.14 bits per heavy atom. The Morgan fingerprint density at radius 3 is 2.54 bits per heavy atom. The average Bonchev–Trinajstić information content (AvgIpc) is 3.23. The van der Waals surface area contributed by atoms with E-state index in [4.69, 9.17) is 4.74 Å². The van der Waals surface area contributed by atoms with Gasteiger partial charge < -0.3 is 10.1 Å². The Labute approximate surface area is 159 Å². The van der Waals surface area contributed by atoms with Gasteiger partial charge in [0.1, 0.15) is 17.7 Å². The van der Waals surface area contributed by atoms with Crippen molar-refractivity contribution in [3.63, 3.8) is 0 Å². The molecule has 1 amide bonds. The number of esters is 1. The molecule has 6 nitrogen and oxygen atoms in total. The molecule has 1 heterocycles. The minimum atomic E-state index is -1.06. The molecule has 0 spiro atoms. The van der Waals surface area contributed by atoms with E-state index in [0.717, 1.165) is 6.07 Å². The molecule has 2 N–H and O–H groups in total. The van der Waals surface area contributed by atoms with Gasteiger partial charge in [-0.15, -0.1) is 0 Å². The highest BCUT2D eigenvalue weighted by Crippen LogP contribution is 2.20. The van der Waals surface area contributed by atoms with Crippen LogP contribution in [0.1, 0.15) is 15.9 Å². The molecular formula is C20H17F2N3O3. The van der Waals surface area contributed by atoms with Gasteiger partial charge in [-0.05, 0) is 42.0 Å². The number of ether oxygens (including phenoxy) is 1. The van der Waals surface area contributed by atoms with Crippen molar-refractivity contribution in [2.75, 3.05) is 7.11 Å². The fraction of sp³-hybridized carbons (Fsp3) is 0.150. The van der Waals surface area contributed by atoms with E-state index in [1.54, 1.807) is 6.07 Å². The van der Waals surface area contributed by atoms with Crippen molar-refractivity contribution in [2.24, 2.45) is 0 Å². The third kappa shape index (κ3) is 4.40. The molecule has 0 unspecified atom stereocenters. The van der Waals surface area contributed by atoms with Gasteiger partial charge in [-0.2, -0.15) is 5.10 Å². The van der Waals surface area contributed by atoms with Crippen LogP contribution in [0.15, 0.2) is 54.7 Å². The van der Waals surface area contributed by atoms with Crippen LogP contribution in [0.5, 0.6) is 0 Å². The minimum absolute atomic E-state index is 0.0700. The number of carbonyl (C=O) groups is 2. The highest BCUT2D eigenvalue weighted by Gasteiger charge is 2.24. The zero-order chi connectivity index (χ0) is 20.1. The molecule has 28 heavy (non-hydrogen) atoms. The van der Waals surface area contributed by atoms with Crippen molar-refractivity contribution < 1.29 is 23.1 Å². The number of halogens is 2. The number of methoxy groups -OCH3 is 1. The van der Waals surface area contributed by atoms with E-state index in [-0.39, 0.29) is 12.0 Å². The van der Waals surface area contributed by atoms with Gasteiger partial charge in [0, 0.05) is 18.2 Å². The number of nitrogens with one attached hydrogen (secondary N) is 2. The topological polar surface area (TPSA) is 84.1 Å². The number of carbonyl (C=O) groups excluding carboxylic acids is 2. The number of hydrogen-bond acceptors (Lipinski definition) is 4. The van der Waals surface area contributed by atoms with Crippen LogP contribution in [0.4, 0.5) is 8.78 Å². The average molecular weight is 385 g/mol. The van der Waals surface area contributed by atoms with Crippen molar-refractivity contribution >= 4 is 11.9 Å². The van der Waals surface area contributed by atoms with Crippen molar-refractivity contribution in [2.45, 2.75) is 12.5 Å². The molecule has 0 bridgehead atoms. The van der Waals surface area contributed by atoms with E-state index in [0.29, 0.717) is 16.8 Å². The quantitative estimate of drug-likeness (QED) is 0.639. The molecule has 1 atom stereocenters. The predicted molar refractivity (Wildman–Crippen MR) is 97.4 cm³/mol. The second kappa shape index (κ2) is 8.43. The molecule has 0 aliphatic heterocycles. The molecular weight excluding hydrogens is 368 g/mol. The van der Waals surface area contributed by atoms with E-state index in [9.17, 15) is 18.4 Å². The van der Waals surface area contributed by atoms with Gasteiger partial charge in [0.2, 0.25) is 0 Å². The lowest BCUT2D eigenvalue weighted by molar-refractivity contribution is -0.142. The number of benzene rings is 2. The minimum Gasteiger partial charge on any atom is -0.467 e. The van der Waals surface area contributed by atoms with Crippen LogP contribution in [0, 0.1) is 11.6 Å². The van der Waals surface area contributed by atoms with Gasteiger partial charge in [-0.3, -0.25) is 9.89 Å². The first kappa shape index (κ1) is 19.2. The lowest BCUT2D eigenvalue weighted by Crippen LogP contribution is -2.43. The Hall–Kier alpha value is -3.55. The lowest BCUT2D eigenvalue weighted by atomic mass is 10.0. The maximum atomic E-state index is 14.2. The highest BCUT2D eigenvalue weighted by atomic mass is 19.1. The standard InChI is InChI=1S/C20H17F2N3O3/c1-28-20(27)18(10-12-2-5-14(21)6-3-12)24-19(26)15-11-13(4-7-16(15)22)17-8-9-23-25-17/h2-9,11,18H,10H2,1H3,(H,23,25)(H,24,26)/t18-/m0/s1. The summed E-state index contributed by atoms with van der Waals surface area (Å²) in [5, 5.41) is 9.05. The molecule has 8 heteroatoms. The molecule has 0 saturated heterocycles. The third-order valence-corrected chi connectivity index (χ3v) is 4.17. The van der Waals surface area contributed by atoms with Crippen LogP contribution in [-0.2, 0) is 16.0 Å². The first-order valence-corrected chi connectivity index (χ1v) is 8.40. The molecule has 0 fully saturated rings. The van der Waals surface area contributed by atoms with Crippen molar-refractivity contribution in [1.29, 1.82) is 0 Å². The number of nitrogens with zero attached hydrogens (tertiary/aromatic N) is 1. The first-order valence-electron chi connectivity index (χ1n) is 8.40. The molecule has 2 aromatic carbocycles. The zero-order valence-corrected chi connectivity index (χ0v) is 14.9. The number of amides is 1. The second-order valence-electron chi connectivity index (χ2n) is 6.04. The van der Waals surface area contributed by atoms with Gasteiger partial charge in [0.15, 0.2) is 0 Å². The number of hydrogen-bond donors (Lipinski definition) is 2. The fourth-order valence-corrected chi connectivity index (χ4v) is 2.71. The largest absolute Gasteiger partial charge is 0.467 e. The lowest BCUT2D eigenvalue weighted by Gasteiger charge is -2.17. The Morgan fingerprint density at radius 2 is 1.89 bits per heavy atom. The SMILES string of the molecule is COC(=O)[C@H](Cc1ccc(F)cc1)NC(=O)c1cc(-c2ccn[nH]2)ccc1F. The normalized spacial score (nSPS) is 11.7. The second-order valence-corrected chi connectivity index (χ2v) is 6.04. The van der Waals surface area contributed by atoms with Crippen LogP contribution in [0.2, 0.25) is 0 Å². The summed E-state index contributed by atoms with van der Waals surface area (Å²) in [6.07, 6.45) is 1.61. The Bertz CT molecular complexity index is 973. The van der Waals surface area contributed by atoms with Crippen molar-refractivity contribution in [3.8, 4) is 11.3 Å². The number of H-pyrrole nitrogens is 1. The summed E-state index contributed by atoms with van der Waals surface area (Å²) in [6, 6.07) is 10.2. The van der Waals surface area contributed by atoms with Crippen LogP contribution < -0.4 is 5.32 Å². The van der Waals surface area contributed by atoms with Crippen LogP contribution in [-0.4, -0.2) is 35.2 Å². The van der Waals surface area contributed by atoms with E-state index >= 15 is 0 Å². The zero-order valence-electron chi connectivity index (χ0n) is 14.9. The number of aromatic amines is 1. The van der Waals surface area contributed by atoms with Gasteiger partial charge >= 0.3 is 5.97 Å². The smallest absolute Gasteiger partial charge is 0.328 e. The van der Waals surface area contributed by atoms with Crippen molar-refractivity contribution in [1.82, 2.24) is 15.5 Å². The Balaban J connectivity index is 1.82. The number of rotatable bonds is 6. The highest BCUT2D eigenvalue weighted by molar-refractivity contribution is 5.98. The summed E-state index contributed by atoms with van der Waals surface area (Å²) < 4.78 is 32.0. The van der Waals surface area contributed by atoms with E-state index in [2.05, 4.69) is 15.5 Å². The molecule has 1 aromatic heterocycles. The van der Waals surface area contributed by atoms with Crippen molar-refractivity contribution in [3.05, 3.63) is 77.5 Å². The van der Waals surface area contributed by atoms with Crippen LogP contribution in [0.25, 0.3) is 11.3 Å². The summed E-state index contributed by atoms with van der Waals surface area (Å²) in [6.45, 7) is 0.